The molecule has 1 aliphatic heterocycles. The number of piperazine rings is 1. The minimum absolute atomic E-state index is 0.0737. The first-order chi connectivity index (χ1) is 15.9. The van der Waals surface area contributed by atoms with Crippen molar-refractivity contribution < 1.29 is 13.3 Å². The molecule has 0 spiro atoms. The highest BCUT2D eigenvalue weighted by Crippen LogP contribution is 2.27. The number of hydrogen-bond donors (Lipinski definition) is 1. The summed E-state index contributed by atoms with van der Waals surface area (Å²) in [7, 11) is -3.52. The molecule has 0 amide bonds. The molecular formula is C24H26N4O4S. The van der Waals surface area contributed by atoms with Gasteiger partial charge < -0.3 is 10.2 Å². The largest absolute Gasteiger partial charge is 0.369 e. The molecule has 1 N–H and O–H groups in total. The van der Waals surface area contributed by atoms with E-state index in [2.05, 4.69) is 10.2 Å². The van der Waals surface area contributed by atoms with Crippen molar-refractivity contribution in [3.8, 4) is 0 Å². The first kappa shape index (κ1) is 22.9. The third-order valence-electron chi connectivity index (χ3n) is 5.73. The molecule has 0 atom stereocenters. The normalized spacial score (nSPS) is 14.8. The lowest BCUT2D eigenvalue weighted by molar-refractivity contribution is -0.385. The molecule has 1 aliphatic rings. The van der Waals surface area contributed by atoms with Crippen molar-refractivity contribution in [2.75, 3.05) is 31.1 Å². The zero-order chi connectivity index (χ0) is 23.3. The number of rotatable bonds is 8. The van der Waals surface area contributed by atoms with E-state index in [1.807, 2.05) is 36.4 Å². The minimum Gasteiger partial charge on any atom is -0.369 e. The summed E-state index contributed by atoms with van der Waals surface area (Å²) >= 11 is 0. The van der Waals surface area contributed by atoms with E-state index in [1.54, 1.807) is 36.4 Å². The Bertz CT molecular complexity index is 1200. The predicted molar refractivity (Wildman–Crippen MR) is 127 cm³/mol. The molecule has 1 saturated heterocycles. The minimum atomic E-state index is -3.52. The number of nitro benzene ring substituents is 1. The number of hydrogen-bond acceptors (Lipinski definition) is 6. The molecule has 0 radical (unpaired) electrons. The number of nitrogens with zero attached hydrogens (tertiary/aromatic N) is 3. The van der Waals surface area contributed by atoms with Crippen molar-refractivity contribution in [3.63, 3.8) is 0 Å². The van der Waals surface area contributed by atoms with E-state index >= 15 is 0 Å². The molecule has 0 bridgehead atoms. The van der Waals surface area contributed by atoms with Crippen LogP contribution in [-0.2, 0) is 23.1 Å². The quantitative estimate of drug-likeness (QED) is 0.404. The van der Waals surface area contributed by atoms with E-state index in [0.717, 1.165) is 11.3 Å². The molecule has 9 heteroatoms. The van der Waals surface area contributed by atoms with Crippen molar-refractivity contribution in [1.82, 2.24) is 9.62 Å². The van der Waals surface area contributed by atoms with Crippen LogP contribution in [0.25, 0.3) is 0 Å². The maximum absolute atomic E-state index is 12.9. The van der Waals surface area contributed by atoms with Crippen molar-refractivity contribution in [2.24, 2.45) is 0 Å². The summed E-state index contributed by atoms with van der Waals surface area (Å²) in [4.78, 5) is 13.5. The Morgan fingerprint density at radius 3 is 2.12 bits per heavy atom. The van der Waals surface area contributed by atoms with Crippen molar-refractivity contribution >= 4 is 21.4 Å². The van der Waals surface area contributed by atoms with Crippen LogP contribution in [0.2, 0.25) is 0 Å². The van der Waals surface area contributed by atoms with Gasteiger partial charge in [0, 0.05) is 56.6 Å². The average molecular weight is 467 g/mol. The van der Waals surface area contributed by atoms with Crippen molar-refractivity contribution in [3.05, 3.63) is 100 Å². The fourth-order valence-electron chi connectivity index (χ4n) is 3.95. The van der Waals surface area contributed by atoms with Gasteiger partial charge in [-0.1, -0.05) is 48.5 Å². The molecular weight excluding hydrogens is 440 g/mol. The van der Waals surface area contributed by atoms with Gasteiger partial charge in [0.1, 0.15) is 0 Å². The molecule has 172 valence electrons. The summed E-state index contributed by atoms with van der Waals surface area (Å²) in [5, 5.41) is 14.8. The standard InChI is InChI=1S/C24H26N4O4S/c29-28(30)24-12-11-22(17-21(24)19-25-18-20-7-3-1-4-8-20)26-13-15-27(16-14-26)33(31,32)23-9-5-2-6-10-23/h1-12,17,25H,13-16,18-19H2. The van der Waals surface area contributed by atoms with E-state index in [1.165, 1.54) is 10.4 Å². The van der Waals surface area contributed by atoms with Crippen LogP contribution < -0.4 is 10.2 Å². The van der Waals surface area contributed by atoms with Crippen LogP contribution in [0, 0.1) is 10.1 Å². The third kappa shape index (κ3) is 5.39. The van der Waals surface area contributed by atoms with E-state index in [0.29, 0.717) is 49.7 Å². The summed E-state index contributed by atoms with van der Waals surface area (Å²) < 4.78 is 27.2. The summed E-state index contributed by atoms with van der Waals surface area (Å²) in [6, 6.07) is 23.4. The molecule has 3 aromatic carbocycles. The SMILES string of the molecule is O=[N+]([O-])c1ccc(N2CCN(S(=O)(=O)c3ccccc3)CC2)cc1CNCc1ccccc1. The molecule has 1 heterocycles. The Hall–Kier alpha value is -3.27. The molecule has 4 rings (SSSR count). The average Bonchev–Trinajstić information content (AvgIpc) is 2.85. The Morgan fingerprint density at radius 2 is 1.48 bits per heavy atom. The van der Waals surface area contributed by atoms with Gasteiger partial charge in [-0.25, -0.2) is 8.42 Å². The maximum Gasteiger partial charge on any atom is 0.274 e. The van der Waals surface area contributed by atoms with Crippen LogP contribution in [-0.4, -0.2) is 43.8 Å². The number of nitro groups is 1. The Morgan fingerprint density at radius 1 is 0.848 bits per heavy atom. The lowest BCUT2D eigenvalue weighted by Crippen LogP contribution is -2.48. The maximum atomic E-state index is 12.9. The van der Waals surface area contributed by atoms with Gasteiger partial charge in [-0.2, -0.15) is 4.31 Å². The summed E-state index contributed by atoms with van der Waals surface area (Å²) in [5.74, 6) is 0. The van der Waals surface area contributed by atoms with Gasteiger partial charge in [-0.3, -0.25) is 10.1 Å². The summed E-state index contributed by atoms with van der Waals surface area (Å²) in [6.07, 6.45) is 0. The number of benzene rings is 3. The topological polar surface area (TPSA) is 95.8 Å². The van der Waals surface area contributed by atoms with Gasteiger partial charge in [-0.15, -0.1) is 0 Å². The van der Waals surface area contributed by atoms with Gasteiger partial charge in [0.25, 0.3) is 5.69 Å². The highest BCUT2D eigenvalue weighted by atomic mass is 32.2. The van der Waals surface area contributed by atoms with Crippen LogP contribution in [0.5, 0.6) is 0 Å². The van der Waals surface area contributed by atoms with Gasteiger partial charge in [-0.05, 0) is 29.8 Å². The third-order valence-corrected chi connectivity index (χ3v) is 7.64. The zero-order valence-electron chi connectivity index (χ0n) is 18.1. The van der Waals surface area contributed by atoms with Crippen LogP contribution in [0.3, 0.4) is 0 Å². The molecule has 0 saturated carbocycles. The van der Waals surface area contributed by atoms with Crippen molar-refractivity contribution in [2.45, 2.75) is 18.0 Å². The van der Waals surface area contributed by atoms with Crippen molar-refractivity contribution in [1.29, 1.82) is 0 Å². The van der Waals surface area contributed by atoms with E-state index < -0.39 is 10.0 Å². The van der Waals surface area contributed by atoms with Gasteiger partial charge in [0.2, 0.25) is 10.0 Å². The van der Waals surface area contributed by atoms with Gasteiger partial charge in [0.15, 0.2) is 0 Å². The fraction of sp³-hybridized carbons (Fsp3) is 0.250. The Balaban J connectivity index is 1.44. The van der Waals surface area contributed by atoms with Gasteiger partial charge in [0.05, 0.1) is 9.82 Å². The summed E-state index contributed by atoms with van der Waals surface area (Å²) in [6.45, 7) is 2.72. The van der Waals surface area contributed by atoms with Crippen LogP contribution >= 0.6 is 0 Å². The Labute approximate surface area is 193 Å². The molecule has 3 aromatic rings. The highest BCUT2D eigenvalue weighted by Gasteiger charge is 2.29. The molecule has 0 aliphatic carbocycles. The molecule has 8 nitrogen and oxygen atoms in total. The zero-order valence-corrected chi connectivity index (χ0v) is 18.9. The number of anilines is 1. The van der Waals surface area contributed by atoms with Crippen LogP contribution in [0.15, 0.2) is 83.8 Å². The monoisotopic (exact) mass is 466 g/mol. The lowest BCUT2D eigenvalue weighted by Gasteiger charge is -2.35. The van der Waals surface area contributed by atoms with Crippen LogP contribution in [0.4, 0.5) is 11.4 Å². The smallest absolute Gasteiger partial charge is 0.274 e. The van der Waals surface area contributed by atoms with E-state index in [9.17, 15) is 18.5 Å². The molecule has 33 heavy (non-hydrogen) atoms. The second-order valence-electron chi connectivity index (χ2n) is 7.86. The van der Waals surface area contributed by atoms with E-state index in [4.69, 9.17) is 0 Å². The summed E-state index contributed by atoms with van der Waals surface area (Å²) in [5.41, 5.74) is 2.64. The second kappa shape index (κ2) is 10.1. The van der Waals surface area contributed by atoms with E-state index in [-0.39, 0.29) is 10.6 Å². The highest BCUT2D eigenvalue weighted by molar-refractivity contribution is 7.89. The lowest BCUT2D eigenvalue weighted by atomic mass is 10.1. The first-order valence-corrected chi connectivity index (χ1v) is 12.2. The fourth-order valence-corrected chi connectivity index (χ4v) is 5.40. The Kier molecular flexibility index (Phi) is 7.02. The molecule has 1 fully saturated rings. The predicted octanol–water partition coefficient (Wildman–Crippen LogP) is 3.40. The molecule has 0 aromatic heterocycles. The number of sulfonamides is 1. The second-order valence-corrected chi connectivity index (χ2v) is 9.80. The number of nitrogens with one attached hydrogen (secondary N) is 1. The van der Waals surface area contributed by atoms with Gasteiger partial charge >= 0.3 is 0 Å². The van der Waals surface area contributed by atoms with Crippen LogP contribution in [0.1, 0.15) is 11.1 Å². The molecule has 0 unspecified atom stereocenters. The first-order valence-electron chi connectivity index (χ1n) is 10.8.